The molecule has 2 unspecified atom stereocenters. The molecule has 3 heteroatoms. The number of halogens is 2. The van der Waals surface area contributed by atoms with Crippen LogP contribution in [0.25, 0.3) is 0 Å². The molecule has 4 aliphatic carbocycles. The SMILES string of the molecule is C[C]1([Zr][C]2(C)C=CC3=C2CCCCCC3)C=CC2=C1CCCCCC2.Cl.Cl. The van der Waals surface area contributed by atoms with Crippen LogP contribution in [0.2, 0.25) is 6.25 Å². The summed E-state index contributed by atoms with van der Waals surface area (Å²) in [6.07, 6.45) is 27.3. The van der Waals surface area contributed by atoms with Crippen LogP contribution in [0.4, 0.5) is 0 Å². The van der Waals surface area contributed by atoms with E-state index >= 15 is 0 Å². The van der Waals surface area contributed by atoms with Gasteiger partial charge in [-0.15, -0.1) is 24.8 Å². The average Bonchev–Trinajstić information content (AvgIpc) is 2.96. The molecule has 4 rings (SSSR count). The van der Waals surface area contributed by atoms with E-state index < -0.39 is 23.2 Å². The Kier molecular flexibility index (Phi) is 8.74. The summed E-state index contributed by atoms with van der Waals surface area (Å²) in [6, 6.07) is 0. The topological polar surface area (TPSA) is 0 Å². The molecule has 0 spiro atoms. The van der Waals surface area contributed by atoms with Crippen molar-refractivity contribution in [2.45, 2.75) is 97.1 Å². The molecule has 0 aromatic heterocycles. The molecule has 4 aliphatic rings. The molecule has 0 aliphatic heterocycles. The monoisotopic (exact) mass is 484 g/mol. The molecule has 0 radical (unpaired) electrons. The van der Waals surface area contributed by atoms with Gasteiger partial charge in [-0.3, -0.25) is 0 Å². The van der Waals surface area contributed by atoms with Gasteiger partial charge in [-0.2, -0.15) is 0 Å². The summed E-state index contributed by atoms with van der Waals surface area (Å²) in [4.78, 5) is 0. The molecule has 0 N–H and O–H groups in total. The first-order valence-electron chi connectivity index (χ1n) is 10.7. The molecule has 0 aromatic carbocycles. The van der Waals surface area contributed by atoms with Gasteiger partial charge in [0, 0.05) is 0 Å². The molecule has 0 saturated heterocycles. The van der Waals surface area contributed by atoms with Crippen LogP contribution >= 0.6 is 24.8 Å². The summed E-state index contributed by atoms with van der Waals surface area (Å²) in [5.41, 5.74) is 7.21. The fraction of sp³-hybridized carbons (Fsp3) is 0.667. The minimum absolute atomic E-state index is 0. The van der Waals surface area contributed by atoms with Crippen LogP contribution in [0.15, 0.2) is 46.6 Å². The zero-order chi connectivity index (χ0) is 17.3. The van der Waals surface area contributed by atoms with Crippen molar-refractivity contribution in [2.24, 2.45) is 0 Å². The third-order valence-electron chi connectivity index (χ3n) is 7.03. The van der Waals surface area contributed by atoms with Crippen molar-refractivity contribution in [3.8, 4) is 0 Å². The smallest absolute Gasteiger partial charge is 0.147 e. The van der Waals surface area contributed by atoms with Crippen LogP contribution in [0, 0.1) is 0 Å². The Bertz CT molecular complexity index is 601. The van der Waals surface area contributed by atoms with Crippen LogP contribution < -0.4 is 0 Å². The van der Waals surface area contributed by atoms with Crippen molar-refractivity contribution in [2.75, 3.05) is 0 Å². The first kappa shape index (κ1) is 23.7. The molecule has 0 saturated carbocycles. The fourth-order valence-corrected chi connectivity index (χ4v) is 11.2. The molecular weight excluding hydrogens is 450 g/mol. The van der Waals surface area contributed by atoms with E-state index in [9.17, 15) is 0 Å². The Labute approximate surface area is 190 Å². The van der Waals surface area contributed by atoms with Crippen LogP contribution in [0.1, 0.15) is 90.9 Å². The summed E-state index contributed by atoms with van der Waals surface area (Å²) < 4.78 is 0.917. The van der Waals surface area contributed by atoms with E-state index in [4.69, 9.17) is 0 Å². The van der Waals surface area contributed by atoms with Gasteiger partial charge >= 0.3 is 167 Å². The van der Waals surface area contributed by atoms with E-state index in [0.29, 0.717) is 6.25 Å². The van der Waals surface area contributed by atoms with Gasteiger partial charge in [0.25, 0.3) is 0 Å². The van der Waals surface area contributed by atoms with Gasteiger partial charge in [-0.1, -0.05) is 0 Å². The Balaban J connectivity index is 0.00000131. The van der Waals surface area contributed by atoms with Crippen LogP contribution in [-0.2, 0) is 23.2 Å². The second-order valence-electron chi connectivity index (χ2n) is 9.03. The number of allylic oxidation sites excluding steroid dienone is 8. The van der Waals surface area contributed by atoms with E-state index in [-0.39, 0.29) is 24.8 Å². The predicted molar refractivity (Wildman–Crippen MR) is 119 cm³/mol. The molecule has 0 nitrogen and oxygen atoms in total. The molecule has 0 fully saturated rings. The van der Waals surface area contributed by atoms with Gasteiger partial charge in [0.15, 0.2) is 0 Å². The van der Waals surface area contributed by atoms with Gasteiger partial charge in [0.2, 0.25) is 0 Å². The predicted octanol–water partition coefficient (Wildman–Crippen LogP) is 8.71. The Hall–Kier alpha value is 0.423. The van der Waals surface area contributed by atoms with E-state index in [1.165, 1.54) is 77.0 Å². The molecular formula is C24H36Cl2Zr. The average molecular weight is 487 g/mol. The van der Waals surface area contributed by atoms with Crippen molar-refractivity contribution in [1.29, 1.82) is 0 Å². The largest absolute Gasteiger partial charge is 0.147 e. The summed E-state index contributed by atoms with van der Waals surface area (Å²) >= 11 is -0.658. The second-order valence-corrected chi connectivity index (χ2v) is 14.8. The van der Waals surface area contributed by atoms with Crippen LogP contribution in [0.5, 0.6) is 0 Å². The van der Waals surface area contributed by atoms with Crippen LogP contribution in [-0.4, -0.2) is 0 Å². The van der Waals surface area contributed by atoms with Crippen molar-refractivity contribution in [3.05, 3.63) is 46.6 Å². The van der Waals surface area contributed by atoms with E-state index in [1.54, 1.807) is 11.1 Å². The maximum atomic E-state index is 2.65. The third-order valence-corrected chi connectivity index (χ3v) is 11.9. The van der Waals surface area contributed by atoms with Crippen molar-refractivity contribution < 1.29 is 23.2 Å². The van der Waals surface area contributed by atoms with Gasteiger partial charge in [0.1, 0.15) is 0 Å². The Morgan fingerprint density at radius 2 is 0.963 bits per heavy atom. The Morgan fingerprint density at radius 1 is 0.593 bits per heavy atom. The Morgan fingerprint density at radius 3 is 1.37 bits per heavy atom. The first-order chi connectivity index (χ1) is 12.1. The van der Waals surface area contributed by atoms with E-state index in [2.05, 4.69) is 38.2 Å². The normalized spacial score (nSPS) is 33.1. The standard InChI is InChI=1S/2C12H17.2ClH.Zr/c2*1-10-8-9-11-6-4-2-3-5-7-12(10)11;;;/h2*8-9H,2-7H2,1H3;2*1H;. The fourth-order valence-electron chi connectivity index (χ4n) is 5.63. The first-order valence-corrected chi connectivity index (χ1v) is 13.2. The summed E-state index contributed by atoms with van der Waals surface area (Å²) in [5, 5.41) is 0. The summed E-state index contributed by atoms with van der Waals surface area (Å²) in [7, 11) is 0. The molecule has 0 bridgehead atoms. The minimum Gasteiger partial charge on any atom is -0.147 e. The van der Waals surface area contributed by atoms with E-state index in [1.807, 2.05) is 11.1 Å². The second kappa shape index (κ2) is 9.95. The van der Waals surface area contributed by atoms with Gasteiger partial charge in [-0.25, -0.2) is 0 Å². The van der Waals surface area contributed by atoms with Crippen molar-refractivity contribution in [3.63, 3.8) is 0 Å². The maximum Gasteiger partial charge on any atom is -0.147 e. The van der Waals surface area contributed by atoms with Crippen molar-refractivity contribution >= 4 is 24.8 Å². The molecule has 0 amide bonds. The molecule has 150 valence electrons. The number of hydrogen-bond donors (Lipinski definition) is 0. The summed E-state index contributed by atoms with van der Waals surface area (Å²) in [5.74, 6) is 0. The number of hydrogen-bond acceptors (Lipinski definition) is 0. The molecule has 2 atom stereocenters. The quantitative estimate of drug-likeness (QED) is 0.366. The molecule has 0 heterocycles. The molecule has 0 aromatic rings. The van der Waals surface area contributed by atoms with Gasteiger partial charge in [0.05, 0.1) is 0 Å². The third kappa shape index (κ3) is 4.95. The summed E-state index contributed by atoms with van der Waals surface area (Å²) in [6.45, 7) is 5.22. The molecule has 27 heavy (non-hydrogen) atoms. The number of rotatable bonds is 2. The van der Waals surface area contributed by atoms with Gasteiger partial charge < -0.3 is 0 Å². The maximum absolute atomic E-state index is 2.65. The van der Waals surface area contributed by atoms with E-state index in [0.717, 1.165) is 0 Å². The van der Waals surface area contributed by atoms with Crippen LogP contribution in [0.3, 0.4) is 0 Å². The van der Waals surface area contributed by atoms with Gasteiger partial charge in [-0.05, 0) is 0 Å². The van der Waals surface area contributed by atoms with Crippen molar-refractivity contribution in [1.82, 2.24) is 0 Å². The minimum atomic E-state index is -0.658. The zero-order valence-corrected chi connectivity index (χ0v) is 21.2. The zero-order valence-electron chi connectivity index (χ0n) is 17.1.